The summed E-state index contributed by atoms with van der Waals surface area (Å²) in [4.78, 5) is 23.3. The van der Waals surface area contributed by atoms with Crippen LogP contribution in [-0.4, -0.2) is 28.8 Å². The van der Waals surface area contributed by atoms with Crippen molar-refractivity contribution in [2.45, 2.75) is 38.8 Å². The third-order valence-corrected chi connectivity index (χ3v) is 3.86. The fourth-order valence-corrected chi connectivity index (χ4v) is 2.60. The van der Waals surface area contributed by atoms with E-state index in [1.807, 2.05) is 0 Å². The summed E-state index contributed by atoms with van der Waals surface area (Å²) in [5.41, 5.74) is 0.918. The van der Waals surface area contributed by atoms with Gasteiger partial charge >= 0.3 is 12.1 Å². The molecule has 2 aromatic carbocycles. The highest BCUT2D eigenvalue weighted by Crippen LogP contribution is 2.26. The number of nitrogens with one attached hydrogen (secondary N) is 1. The first kappa shape index (κ1) is 20.7. The average Bonchev–Trinajstić information content (AvgIpc) is 2.55. The molecule has 0 heterocycles. The summed E-state index contributed by atoms with van der Waals surface area (Å²) in [5.74, 6) is -1.58. The van der Waals surface area contributed by atoms with Crippen molar-refractivity contribution >= 4 is 23.7 Å². The Bertz CT molecular complexity index is 831. The van der Waals surface area contributed by atoms with E-state index in [9.17, 15) is 19.1 Å². The van der Waals surface area contributed by atoms with E-state index in [0.717, 1.165) is 0 Å². The molecular formula is C20H21ClFNO4. The van der Waals surface area contributed by atoms with E-state index in [1.54, 1.807) is 45.0 Å². The highest BCUT2D eigenvalue weighted by Gasteiger charge is 2.24. The van der Waals surface area contributed by atoms with Crippen molar-refractivity contribution in [3.05, 3.63) is 58.9 Å². The number of rotatable bonds is 5. The van der Waals surface area contributed by atoms with Gasteiger partial charge in [-0.15, -0.1) is 0 Å². The Hall–Kier alpha value is -2.60. The quantitative estimate of drug-likeness (QED) is 0.774. The number of hydrogen-bond acceptors (Lipinski definition) is 3. The highest BCUT2D eigenvalue weighted by molar-refractivity contribution is 6.30. The number of amides is 1. The third-order valence-electron chi connectivity index (χ3n) is 3.62. The van der Waals surface area contributed by atoms with Crippen LogP contribution < -0.4 is 5.32 Å². The summed E-state index contributed by atoms with van der Waals surface area (Å²) in [6.07, 6.45) is -0.736. The number of benzene rings is 2. The summed E-state index contributed by atoms with van der Waals surface area (Å²) < 4.78 is 19.0. The normalized spacial score (nSPS) is 12.3. The number of carbonyl (C=O) groups excluding carboxylic acids is 1. The predicted octanol–water partition coefficient (Wildman–Crippen LogP) is 4.67. The zero-order valence-electron chi connectivity index (χ0n) is 15.3. The van der Waals surface area contributed by atoms with Crippen LogP contribution in [0.2, 0.25) is 5.02 Å². The number of halogens is 2. The molecule has 2 rings (SSSR count). The number of carbonyl (C=O) groups is 2. The first-order valence-electron chi connectivity index (χ1n) is 8.32. The number of alkyl carbamates (subject to hydrolysis) is 1. The Morgan fingerprint density at radius 3 is 2.37 bits per heavy atom. The Morgan fingerprint density at radius 2 is 1.81 bits per heavy atom. The molecule has 1 atom stereocenters. The molecule has 27 heavy (non-hydrogen) atoms. The van der Waals surface area contributed by atoms with Crippen LogP contribution in [-0.2, 0) is 16.0 Å². The van der Waals surface area contributed by atoms with Gasteiger partial charge in [0.1, 0.15) is 17.5 Å². The molecule has 1 amide bonds. The molecule has 0 aliphatic carbocycles. The van der Waals surface area contributed by atoms with E-state index in [0.29, 0.717) is 21.7 Å². The molecule has 7 heteroatoms. The summed E-state index contributed by atoms with van der Waals surface area (Å²) in [7, 11) is 0. The zero-order chi connectivity index (χ0) is 20.2. The molecule has 0 spiro atoms. The van der Waals surface area contributed by atoms with Crippen molar-refractivity contribution < 1.29 is 23.8 Å². The van der Waals surface area contributed by atoms with Gasteiger partial charge in [-0.25, -0.2) is 14.0 Å². The average molecular weight is 394 g/mol. The van der Waals surface area contributed by atoms with Crippen molar-refractivity contribution in [1.82, 2.24) is 5.32 Å². The monoisotopic (exact) mass is 393 g/mol. The number of aliphatic carboxylic acids is 1. The van der Waals surface area contributed by atoms with Gasteiger partial charge in [-0.3, -0.25) is 0 Å². The van der Waals surface area contributed by atoms with Gasteiger partial charge in [0.15, 0.2) is 0 Å². The van der Waals surface area contributed by atoms with Gasteiger partial charge in [0.05, 0.1) is 0 Å². The lowest BCUT2D eigenvalue weighted by atomic mass is 10.0. The molecular weight excluding hydrogens is 373 g/mol. The summed E-state index contributed by atoms with van der Waals surface area (Å²) in [5, 5.41) is 12.1. The molecule has 5 nitrogen and oxygen atoms in total. The van der Waals surface area contributed by atoms with Gasteiger partial charge in [-0.05, 0) is 50.1 Å². The molecule has 144 valence electrons. The fraction of sp³-hybridized carbons (Fsp3) is 0.300. The lowest BCUT2D eigenvalue weighted by Gasteiger charge is -2.22. The van der Waals surface area contributed by atoms with Crippen LogP contribution in [0.5, 0.6) is 0 Å². The van der Waals surface area contributed by atoms with E-state index >= 15 is 0 Å². The second-order valence-electron chi connectivity index (χ2n) is 7.06. The van der Waals surface area contributed by atoms with Crippen LogP contribution in [0.25, 0.3) is 11.1 Å². The molecule has 0 unspecified atom stereocenters. The smallest absolute Gasteiger partial charge is 0.408 e. The van der Waals surface area contributed by atoms with Gasteiger partial charge < -0.3 is 15.2 Å². The first-order chi connectivity index (χ1) is 12.5. The van der Waals surface area contributed by atoms with Crippen molar-refractivity contribution in [2.24, 2.45) is 0 Å². The predicted molar refractivity (Wildman–Crippen MR) is 101 cm³/mol. The lowest BCUT2D eigenvalue weighted by molar-refractivity contribution is -0.139. The van der Waals surface area contributed by atoms with E-state index in [4.69, 9.17) is 16.3 Å². The van der Waals surface area contributed by atoms with Crippen molar-refractivity contribution in [1.29, 1.82) is 0 Å². The van der Waals surface area contributed by atoms with E-state index in [1.165, 1.54) is 18.2 Å². The third kappa shape index (κ3) is 6.25. The molecule has 0 bridgehead atoms. The molecule has 0 saturated heterocycles. The van der Waals surface area contributed by atoms with Crippen molar-refractivity contribution in [2.75, 3.05) is 0 Å². The van der Waals surface area contributed by atoms with Crippen LogP contribution in [0.15, 0.2) is 42.5 Å². The fourth-order valence-electron chi connectivity index (χ4n) is 2.42. The number of carboxylic acids is 1. The zero-order valence-corrected chi connectivity index (χ0v) is 16.0. The summed E-state index contributed by atoms with van der Waals surface area (Å²) in [6, 6.07) is 9.85. The minimum absolute atomic E-state index is 0.0624. The minimum Gasteiger partial charge on any atom is -0.480 e. The Balaban J connectivity index is 2.12. The van der Waals surface area contributed by atoms with E-state index in [-0.39, 0.29) is 6.42 Å². The van der Waals surface area contributed by atoms with Crippen LogP contribution in [0.1, 0.15) is 26.3 Å². The maximum atomic E-state index is 14.0. The SMILES string of the molecule is CC(C)(C)OC(=O)N[C@H](Cc1ccc(-c2cc(Cl)ccc2F)cc1)C(=O)O. The van der Waals surface area contributed by atoms with E-state index < -0.39 is 29.5 Å². The lowest BCUT2D eigenvalue weighted by Crippen LogP contribution is -2.44. The van der Waals surface area contributed by atoms with Crippen molar-refractivity contribution in [3.8, 4) is 11.1 Å². The standard InChI is InChI=1S/C20H21ClFNO4/c1-20(2,3)27-19(26)23-17(18(24)25)10-12-4-6-13(7-5-12)15-11-14(21)8-9-16(15)22/h4-9,11,17H,10H2,1-3H3,(H,23,26)(H,24,25)/t17-/m1/s1. The molecule has 0 saturated carbocycles. The van der Waals surface area contributed by atoms with Crippen molar-refractivity contribution in [3.63, 3.8) is 0 Å². The second kappa shape index (κ2) is 8.39. The highest BCUT2D eigenvalue weighted by atomic mass is 35.5. The Labute approximate surface area is 162 Å². The minimum atomic E-state index is -1.18. The second-order valence-corrected chi connectivity index (χ2v) is 7.50. The van der Waals surface area contributed by atoms with Gasteiger partial charge in [-0.2, -0.15) is 0 Å². The molecule has 2 N–H and O–H groups in total. The number of hydrogen-bond donors (Lipinski definition) is 2. The molecule has 0 aromatic heterocycles. The van der Waals surface area contributed by atoms with Crippen LogP contribution in [0.4, 0.5) is 9.18 Å². The first-order valence-corrected chi connectivity index (χ1v) is 8.69. The van der Waals surface area contributed by atoms with E-state index in [2.05, 4.69) is 5.32 Å². The molecule has 0 aliphatic rings. The van der Waals surface area contributed by atoms with Gasteiger partial charge in [0.2, 0.25) is 0 Å². The van der Waals surface area contributed by atoms with Gasteiger partial charge in [0.25, 0.3) is 0 Å². The topological polar surface area (TPSA) is 75.6 Å². The largest absolute Gasteiger partial charge is 0.480 e. The Kier molecular flexibility index (Phi) is 6.44. The van der Waals surface area contributed by atoms with Crippen LogP contribution in [0.3, 0.4) is 0 Å². The molecule has 0 radical (unpaired) electrons. The number of carboxylic acid groups (broad SMARTS) is 1. The number of ether oxygens (including phenoxy) is 1. The maximum Gasteiger partial charge on any atom is 0.408 e. The van der Waals surface area contributed by atoms with Gasteiger partial charge in [-0.1, -0.05) is 35.9 Å². The van der Waals surface area contributed by atoms with Gasteiger partial charge in [0, 0.05) is 17.0 Å². The Morgan fingerprint density at radius 1 is 1.19 bits per heavy atom. The van der Waals surface area contributed by atoms with Crippen LogP contribution >= 0.6 is 11.6 Å². The molecule has 0 aliphatic heterocycles. The molecule has 2 aromatic rings. The molecule has 0 fully saturated rings. The summed E-state index contributed by atoms with van der Waals surface area (Å²) >= 11 is 5.91. The maximum absolute atomic E-state index is 14.0. The van der Waals surface area contributed by atoms with Crippen LogP contribution in [0, 0.1) is 5.82 Å². The summed E-state index contributed by atoms with van der Waals surface area (Å²) in [6.45, 7) is 5.07.